The van der Waals surface area contributed by atoms with Crippen molar-refractivity contribution in [3.63, 3.8) is 0 Å². The van der Waals surface area contributed by atoms with Crippen LogP contribution in [0.2, 0.25) is 0 Å². The van der Waals surface area contributed by atoms with Crippen molar-refractivity contribution in [2.75, 3.05) is 15.8 Å². The molecule has 0 saturated carbocycles. The van der Waals surface area contributed by atoms with Gasteiger partial charge in [0.1, 0.15) is 18.2 Å². The minimum atomic E-state index is -3.32. The summed E-state index contributed by atoms with van der Waals surface area (Å²) < 4.78 is 31.3. The Kier molecular flexibility index (Phi) is 5.93. The Hall–Kier alpha value is -3.06. The molecule has 2 N–H and O–H groups in total. The zero-order valence-electron chi connectivity index (χ0n) is 14.9. The number of nitrogens with one attached hydrogen (secondary N) is 2. The second kappa shape index (κ2) is 8.55. The lowest BCUT2D eigenvalue weighted by Gasteiger charge is -2.10. The van der Waals surface area contributed by atoms with E-state index in [0.29, 0.717) is 12.4 Å². The summed E-state index contributed by atoms with van der Waals surface area (Å²) in [5.74, 6) is 1.09. The Bertz CT molecular complexity index is 958. The number of aromatic nitrogens is 1. The highest BCUT2D eigenvalue weighted by Gasteiger charge is 2.07. The number of pyridine rings is 1. The maximum absolute atomic E-state index is 11.5. The average Bonchev–Trinajstić information content (AvgIpc) is 2.70. The Balaban J connectivity index is 1.56. The van der Waals surface area contributed by atoms with Crippen LogP contribution in [0.25, 0.3) is 0 Å². The predicted molar refractivity (Wildman–Crippen MR) is 108 cm³/mol. The third-order valence-corrected chi connectivity index (χ3v) is 5.08. The molecular weight excluding hydrogens is 362 g/mol. The number of anilines is 3. The molecule has 3 aromatic rings. The summed E-state index contributed by atoms with van der Waals surface area (Å²) in [6.45, 7) is 2.10. The van der Waals surface area contributed by atoms with Gasteiger partial charge in [-0.05, 0) is 48.9 Å². The third-order valence-electron chi connectivity index (χ3n) is 3.79. The van der Waals surface area contributed by atoms with Crippen LogP contribution in [-0.2, 0) is 16.6 Å². The van der Waals surface area contributed by atoms with E-state index in [1.807, 2.05) is 54.6 Å². The molecule has 0 aliphatic rings. The molecule has 0 atom stereocenters. The van der Waals surface area contributed by atoms with Crippen LogP contribution in [-0.4, -0.2) is 19.2 Å². The van der Waals surface area contributed by atoms with Crippen molar-refractivity contribution < 1.29 is 13.2 Å². The molecule has 0 radical (unpaired) electrons. The molecule has 0 aliphatic carbocycles. The summed E-state index contributed by atoms with van der Waals surface area (Å²) in [5.41, 5.74) is 2.75. The SMILES string of the molecule is CCS(=O)(=O)Nc1ccc(Nc2ccc(OCc3ccccc3)cc2)cn1. The minimum absolute atomic E-state index is 0.00731. The van der Waals surface area contributed by atoms with Crippen molar-refractivity contribution in [2.45, 2.75) is 13.5 Å². The van der Waals surface area contributed by atoms with E-state index in [-0.39, 0.29) is 5.75 Å². The van der Waals surface area contributed by atoms with E-state index in [9.17, 15) is 8.42 Å². The molecular formula is C20H21N3O3S. The third kappa shape index (κ3) is 5.72. The van der Waals surface area contributed by atoms with Crippen LogP contribution in [0.1, 0.15) is 12.5 Å². The smallest absolute Gasteiger partial charge is 0.233 e. The Morgan fingerprint density at radius 1 is 0.926 bits per heavy atom. The average molecular weight is 383 g/mol. The molecule has 0 aliphatic heterocycles. The van der Waals surface area contributed by atoms with E-state index in [2.05, 4.69) is 15.0 Å². The fraction of sp³-hybridized carbons (Fsp3) is 0.150. The largest absolute Gasteiger partial charge is 0.489 e. The maximum Gasteiger partial charge on any atom is 0.233 e. The van der Waals surface area contributed by atoms with Gasteiger partial charge in [-0.1, -0.05) is 30.3 Å². The van der Waals surface area contributed by atoms with Crippen molar-refractivity contribution in [3.8, 4) is 5.75 Å². The van der Waals surface area contributed by atoms with E-state index in [4.69, 9.17) is 4.74 Å². The van der Waals surface area contributed by atoms with Crippen molar-refractivity contribution >= 4 is 27.2 Å². The second-order valence-corrected chi connectivity index (χ2v) is 7.87. The van der Waals surface area contributed by atoms with E-state index in [1.165, 1.54) is 0 Å². The van der Waals surface area contributed by atoms with Gasteiger partial charge in [-0.15, -0.1) is 0 Å². The first-order valence-corrected chi connectivity index (χ1v) is 10.2. The molecule has 6 nitrogen and oxygen atoms in total. The Morgan fingerprint density at radius 3 is 2.26 bits per heavy atom. The van der Waals surface area contributed by atoms with Crippen LogP contribution in [0.4, 0.5) is 17.2 Å². The van der Waals surface area contributed by atoms with Gasteiger partial charge < -0.3 is 10.1 Å². The number of nitrogens with zero attached hydrogens (tertiary/aromatic N) is 1. The molecule has 27 heavy (non-hydrogen) atoms. The number of ether oxygens (including phenoxy) is 1. The molecule has 1 aromatic heterocycles. The summed E-state index contributed by atoms with van der Waals surface area (Å²) in [7, 11) is -3.32. The van der Waals surface area contributed by atoms with Gasteiger partial charge >= 0.3 is 0 Å². The van der Waals surface area contributed by atoms with Crippen molar-refractivity contribution in [1.29, 1.82) is 0 Å². The van der Waals surface area contributed by atoms with Crippen LogP contribution in [0, 0.1) is 0 Å². The quantitative estimate of drug-likeness (QED) is 0.610. The van der Waals surface area contributed by atoms with Gasteiger partial charge in [0, 0.05) is 5.69 Å². The first kappa shape index (κ1) is 18.7. The zero-order valence-corrected chi connectivity index (χ0v) is 15.7. The summed E-state index contributed by atoms with van der Waals surface area (Å²) >= 11 is 0. The van der Waals surface area contributed by atoms with Gasteiger partial charge in [-0.3, -0.25) is 4.72 Å². The zero-order chi connectivity index (χ0) is 19.1. The summed E-state index contributed by atoms with van der Waals surface area (Å²) in [6, 6.07) is 21.0. The highest BCUT2D eigenvalue weighted by Crippen LogP contribution is 2.21. The predicted octanol–water partition coefficient (Wildman–Crippen LogP) is 4.17. The van der Waals surface area contributed by atoms with Crippen LogP contribution in [0.15, 0.2) is 72.9 Å². The number of sulfonamides is 1. The molecule has 0 amide bonds. The van der Waals surface area contributed by atoms with Gasteiger partial charge in [0.25, 0.3) is 0 Å². The standard InChI is InChI=1S/C20H21N3O3S/c1-2-27(24,25)23-20-13-10-18(14-21-20)22-17-8-11-19(12-9-17)26-15-16-6-4-3-5-7-16/h3-14,22H,2,15H2,1H3,(H,21,23). The molecule has 0 spiro atoms. The van der Waals surface area contributed by atoms with Gasteiger partial charge in [-0.2, -0.15) is 0 Å². The van der Waals surface area contributed by atoms with Gasteiger partial charge in [0.05, 0.1) is 17.6 Å². The molecule has 1 heterocycles. The number of hydrogen-bond donors (Lipinski definition) is 2. The van der Waals surface area contributed by atoms with Crippen LogP contribution in [0.3, 0.4) is 0 Å². The van der Waals surface area contributed by atoms with E-state index in [1.54, 1.807) is 25.3 Å². The molecule has 3 rings (SSSR count). The summed E-state index contributed by atoms with van der Waals surface area (Å²) in [6.07, 6.45) is 1.58. The monoisotopic (exact) mass is 383 g/mol. The Labute approximate surface area is 159 Å². The first-order chi connectivity index (χ1) is 13.0. The topological polar surface area (TPSA) is 80.3 Å². The highest BCUT2D eigenvalue weighted by molar-refractivity contribution is 7.92. The fourth-order valence-electron chi connectivity index (χ4n) is 2.30. The van der Waals surface area contributed by atoms with Gasteiger partial charge in [0.2, 0.25) is 10.0 Å². The lowest BCUT2D eigenvalue weighted by molar-refractivity contribution is 0.306. The first-order valence-electron chi connectivity index (χ1n) is 8.54. The van der Waals surface area contributed by atoms with Crippen LogP contribution < -0.4 is 14.8 Å². The van der Waals surface area contributed by atoms with Gasteiger partial charge in [-0.25, -0.2) is 13.4 Å². The highest BCUT2D eigenvalue weighted by atomic mass is 32.2. The van der Waals surface area contributed by atoms with Crippen molar-refractivity contribution in [3.05, 3.63) is 78.5 Å². The minimum Gasteiger partial charge on any atom is -0.489 e. The van der Waals surface area contributed by atoms with Crippen LogP contribution >= 0.6 is 0 Å². The van der Waals surface area contributed by atoms with E-state index >= 15 is 0 Å². The number of hydrogen-bond acceptors (Lipinski definition) is 5. The lowest BCUT2D eigenvalue weighted by atomic mass is 10.2. The molecule has 0 bridgehead atoms. The van der Waals surface area contributed by atoms with Gasteiger partial charge in [0.15, 0.2) is 0 Å². The van der Waals surface area contributed by atoms with E-state index in [0.717, 1.165) is 22.7 Å². The molecule has 0 unspecified atom stereocenters. The molecule has 7 heteroatoms. The fourth-order valence-corrected chi connectivity index (χ4v) is 2.89. The van der Waals surface area contributed by atoms with Crippen molar-refractivity contribution in [2.24, 2.45) is 0 Å². The summed E-state index contributed by atoms with van der Waals surface area (Å²) in [5, 5.41) is 3.21. The lowest BCUT2D eigenvalue weighted by Crippen LogP contribution is -2.15. The second-order valence-electron chi connectivity index (χ2n) is 5.86. The van der Waals surface area contributed by atoms with E-state index < -0.39 is 10.0 Å². The number of rotatable bonds is 8. The van der Waals surface area contributed by atoms with Crippen molar-refractivity contribution in [1.82, 2.24) is 4.98 Å². The maximum atomic E-state index is 11.5. The molecule has 140 valence electrons. The number of benzene rings is 2. The summed E-state index contributed by atoms with van der Waals surface area (Å²) in [4.78, 5) is 4.11. The molecule has 0 fully saturated rings. The Morgan fingerprint density at radius 2 is 1.63 bits per heavy atom. The normalized spacial score (nSPS) is 11.0. The van der Waals surface area contributed by atoms with Crippen LogP contribution in [0.5, 0.6) is 5.75 Å². The molecule has 2 aromatic carbocycles. The molecule has 0 saturated heterocycles.